The van der Waals surface area contributed by atoms with Gasteiger partial charge in [0.15, 0.2) is 11.2 Å². The van der Waals surface area contributed by atoms with Gasteiger partial charge in [0.05, 0.1) is 26.4 Å². The first-order chi connectivity index (χ1) is 20.8. The van der Waals surface area contributed by atoms with Crippen LogP contribution in [-0.2, 0) is 18.8 Å². The summed E-state index contributed by atoms with van der Waals surface area (Å²) in [5, 5.41) is 5.21. The van der Waals surface area contributed by atoms with Crippen LogP contribution in [0, 0.1) is 12.8 Å². The lowest BCUT2D eigenvalue weighted by Gasteiger charge is -2.24. The van der Waals surface area contributed by atoms with Crippen LogP contribution >= 0.6 is 8.53 Å². The molecule has 1 saturated heterocycles. The summed E-state index contributed by atoms with van der Waals surface area (Å²) in [7, 11) is -0.216. The number of hydrogen-bond acceptors (Lipinski definition) is 11. The highest BCUT2D eigenvalue weighted by Crippen LogP contribution is 2.42. The number of nitrogens with two attached hydrogens (primary N) is 1. The van der Waals surface area contributed by atoms with Crippen LogP contribution in [-0.4, -0.2) is 58.0 Å². The Morgan fingerprint density at radius 3 is 2.79 bits per heavy atom. The number of ether oxygens (including phenoxy) is 3. The second-order valence-corrected chi connectivity index (χ2v) is 11.9. The van der Waals surface area contributed by atoms with Crippen molar-refractivity contribution in [2.75, 3.05) is 26.1 Å². The predicted molar refractivity (Wildman–Crippen MR) is 165 cm³/mol. The van der Waals surface area contributed by atoms with E-state index < -0.39 is 14.6 Å². The van der Waals surface area contributed by atoms with Crippen LogP contribution in [0.2, 0.25) is 0 Å². The number of anilines is 1. The maximum absolute atomic E-state index is 12.7. The quantitative estimate of drug-likeness (QED) is 0.113. The van der Waals surface area contributed by atoms with Crippen molar-refractivity contribution in [2.45, 2.75) is 65.3 Å². The average molecular weight is 611 g/mol. The third-order valence-corrected chi connectivity index (χ3v) is 8.65. The number of fused-ring (bicyclic) bond motifs is 2. The van der Waals surface area contributed by atoms with E-state index in [9.17, 15) is 4.79 Å². The van der Waals surface area contributed by atoms with E-state index in [-0.39, 0.29) is 36.8 Å². The fourth-order valence-corrected chi connectivity index (χ4v) is 6.36. The lowest BCUT2D eigenvalue weighted by Crippen LogP contribution is -2.34. The molecule has 2 aromatic carbocycles. The molecule has 0 radical (unpaired) electrons. The number of nitrogens with one attached hydrogen (secondary N) is 1. The number of imidazole rings is 1. The van der Waals surface area contributed by atoms with Crippen molar-refractivity contribution < 1.29 is 28.1 Å². The van der Waals surface area contributed by atoms with Gasteiger partial charge in [0, 0.05) is 11.3 Å². The minimum Gasteiger partial charge on any atom is -0.479 e. The molecule has 3 N–H and O–H groups in total. The Hall–Kier alpha value is -3.57. The van der Waals surface area contributed by atoms with Crippen molar-refractivity contribution in [3.05, 3.63) is 48.3 Å². The molecule has 0 spiro atoms. The van der Waals surface area contributed by atoms with E-state index in [1.165, 1.54) is 7.11 Å². The van der Waals surface area contributed by atoms with Crippen LogP contribution in [0.4, 0.5) is 5.95 Å². The summed E-state index contributed by atoms with van der Waals surface area (Å²) < 4.78 is 31.9. The largest absolute Gasteiger partial charge is 0.479 e. The summed E-state index contributed by atoms with van der Waals surface area (Å²) >= 11 is 0. The molecule has 2 aromatic heterocycles. The van der Waals surface area contributed by atoms with E-state index in [0.29, 0.717) is 35.2 Å². The molecule has 43 heavy (non-hydrogen) atoms. The van der Waals surface area contributed by atoms with Crippen LogP contribution in [0.1, 0.15) is 52.1 Å². The summed E-state index contributed by atoms with van der Waals surface area (Å²) in [6.07, 6.45) is 1.90. The zero-order valence-corrected chi connectivity index (χ0v) is 26.0. The van der Waals surface area contributed by atoms with Gasteiger partial charge in [-0.2, -0.15) is 9.97 Å². The van der Waals surface area contributed by atoms with Gasteiger partial charge < -0.3 is 29.0 Å². The summed E-state index contributed by atoms with van der Waals surface area (Å²) in [6, 6.07) is 13.2. The van der Waals surface area contributed by atoms with Crippen LogP contribution < -0.4 is 20.1 Å². The van der Waals surface area contributed by atoms with E-state index in [1.54, 1.807) is 6.92 Å². The van der Waals surface area contributed by atoms with Gasteiger partial charge in [-0.1, -0.05) is 56.7 Å². The van der Waals surface area contributed by atoms with Crippen LogP contribution in [0.15, 0.2) is 42.5 Å². The third-order valence-electron chi connectivity index (χ3n) is 7.31. The van der Waals surface area contributed by atoms with Gasteiger partial charge in [0.1, 0.15) is 23.8 Å². The van der Waals surface area contributed by atoms with Gasteiger partial charge in [-0.05, 0) is 38.1 Å². The lowest BCUT2D eigenvalue weighted by molar-refractivity contribution is -0.145. The molecule has 1 aliphatic heterocycles. The first-order valence-electron chi connectivity index (χ1n) is 14.5. The summed E-state index contributed by atoms with van der Waals surface area (Å²) in [5.41, 5.74) is 7.04. The SMILES string of the molecule is CCCCOC(=O)C(C)NP(OCC1CC(C)C(n2c(C)nc3c(OC)nc(N)nc32)O1)Oc1cccc2ccccc12. The Morgan fingerprint density at radius 1 is 1.21 bits per heavy atom. The lowest BCUT2D eigenvalue weighted by atomic mass is 10.1. The highest BCUT2D eigenvalue weighted by Gasteiger charge is 2.37. The summed E-state index contributed by atoms with van der Waals surface area (Å²) in [6.45, 7) is 8.42. The van der Waals surface area contributed by atoms with Crippen molar-refractivity contribution in [3.63, 3.8) is 0 Å². The maximum atomic E-state index is 12.7. The molecule has 1 aliphatic rings. The van der Waals surface area contributed by atoms with E-state index >= 15 is 0 Å². The Kier molecular flexibility index (Phi) is 9.92. The number of aromatic nitrogens is 4. The number of methoxy groups -OCH3 is 1. The molecule has 230 valence electrons. The van der Waals surface area contributed by atoms with Gasteiger partial charge in [-0.15, -0.1) is 0 Å². The van der Waals surface area contributed by atoms with Crippen LogP contribution in [0.5, 0.6) is 11.6 Å². The van der Waals surface area contributed by atoms with Crippen molar-refractivity contribution in [3.8, 4) is 11.6 Å². The minimum absolute atomic E-state index is 0.0978. The number of unbranched alkanes of at least 4 members (excludes halogenated alkanes) is 1. The summed E-state index contributed by atoms with van der Waals surface area (Å²) in [5.74, 6) is 1.56. The van der Waals surface area contributed by atoms with Crippen molar-refractivity contribution in [1.29, 1.82) is 0 Å². The van der Waals surface area contributed by atoms with Gasteiger partial charge in [-0.3, -0.25) is 9.36 Å². The summed E-state index contributed by atoms with van der Waals surface area (Å²) in [4.78, 5) is 25.9. The zero-order chi connectivity index (χ0) is 30.5. The average Bonchev–Trinajstić information content (AvgIpc) is 3.52. The van der Waals surface area contributed by atoms with Gasteiger partial charge in [0.2, 0.25) is 11.8 Å². The number of carbonyl (C=O) groups is 1. The Balaban J connectivity index is 1.32. The highest BCUT2D eigenvalue weighted by molar-refractivity contribution is 7.45. The second kappa shape index (κ2) is 13.8. The molecule has 12 nitrogen and oxygen atoms in total. The van der Waals surface area contributed by atoms with E-state index in [2.05, 4.69) is 27.0 Å². The first-order valence-corrected chi connectivity index (χ1v) is 15.7. The van der Waals surface area contributed by atoms with Crippen LogP contribution in [0.3, 0.4) is 0 Å². The number of nitrogens with zero attached hydrogens (tertiary/aromatic N) is 4. The highest BCUT2D eigenvalue weighted by atomic mass is 31.2. The number of carbonyl (C=O) groups excluding carboxylic acids is 1. The smallest absolute Gasteiger partial charge is 0.323 e. The van der Waals surface area contributed by atoms with Gasteiger partial charge in [-0.25, -0.2) is 10.1 Å². The molecule has 4 aromatic rings. The molecule has 5 atom stereocenters. The number of benzene rings is 2. The van der Waals surface area contributed by atoms with E-state index in [0.717, 1.165) is 30.0 Å². The number of nitrogen functional groups attached to an aromatic ring is 1. The van der Waals surface area contributed by atoms with E-state index in [1.807, 2.05) is 60.9 Å². The standard InChI is InChI=1S/C30H39N6O6P/c1-6-7-15-39-29(37)19(3)35-43(42-24-14-10-12-21-11-8-9-13-23(21)24)40-17-22-16-18(2)28(41-22)36-20(4)32-25-26(36)33-30(31)34-27(25)38-5/h8-14,18-19,22,28,35H,6-7,15-17H2,1-5H3,(H2,31,33,34). The number of rotatable bonds is 13. The normalized spacial score (nSPS) is 19.9. The molecule has 0 saturated carbocycles. The molecule has 5 unspecified atom stereocenters. The van der Waals surface area contributed by atoms with E-state index in [4.69, 9.17) is 29.0 Å². The van der Waals surface area contributed by atoms with Crippen molar-refractivity contribution in [2.24, 2.45) is 5.92 Å². The van der Waals surface area contributed by atoms with Gasteiger partial charge in [0.25, 0.3) is 0 Å². The monoisotopic (exact) mass is 610 g/mol. The minimum atomic E-state index is -1.74. The molecule has 13 heteroatoms. The Bertz CT molecular complexity index is 1560. The fourth-order valence-electron chi connectivity index (χ4n) is 5.12. The molecular formula is C30H39N6O6P. The zero-order valence-electron chi connectivity index (χ0n) is 25.1. The van der Waals surface area contributed by atoms with Gasteiger partial charge >= 0.3 is 14.5 Å². The molecule has 3 heterocycles. The molecule has 5 rings (SSSR count). The Morgan fingerprint density at radius 2 is 2.00 bits per heavy atom. The molecule has 0 bridgehead atoms. The molecule has 1 fully saturated rings. The van der Waals surface area contributed by atoms with Crippen molar-refractivity contribution >= 4 is 42.4 Å². The van der Waals surface area contributed by atoms with Crippen LogP contribution in [0.25, 0.3) is 21.9 Å². The first kappa shape index (κ1) is 30.9. The second-order valence-electron chi connectivity index (χ2n) is 10.6. The molecule has 0 amide bonds. The maximum Gasteiger partial charge on any atom is 0.323 e. The third kappa shape index (κ3) is 6.99. The topological polar surface area (TPSA) is 145 Å². The van der Waals surface area contributed by atoms with Crippen molar-refractivity contribution in [1.82, 2.24) is 24.6 Å². The number of aryl methyl sites for hydroxylation is 1. The number of hydrogen-bond donors (Lipinski definition) is 2. The molecule has 0 aliphatic carbocycles. The Labute approximate surface area is 252 Å². The predicted octanol–water partition coefficient (Wildman–Crippen LogP) is 5.45. The fraction of sp³-hybridized carbons (Fsp3) is 0.467. The molecular weight excluding hydrogens is 571 g/mol. The number of esters is 1.